The number of para-hydroxylation sites is 1. The number of rotatable bonds is 6. The van der Waals surface area contributed by atoms with E-state index in [4.69, 9.17) is 34.8 Å². The summed E-state index contributed by atoms with van der Waals surface area (Å²) in [6, 6.07) is 10.8. The minimum absolute atomic E-state index is 0.110. The molecule has 0 aliphatic carbocycles. The van der Waals surface area contributed by atoms with Gasteiger partial charge in [-0.15, -0.1) is 0 Å². The summed E-state index contributed by atoms with van der Waals surface area (Å²) in [5, 5.41) is 8.33. The molecule has 0 unspecified atom stereocenters. The lowest BCUT2D eigenvalue weighted by Crippen LogP contribution is -2.15. The Morgan fingerprint density at radius 2 is 1.81 bits per heavy atom. The molecule has 0 atom stereocenters. The number of thioether (sulfide) groups is 1. The van der Waals surface area contributed by atoms with Crippen LogP contribution in [-0.4, -0.2) is 28.2 Å². The van der Waals surface area contributed by atoms with E-state index in [0.29, 0.717) is 15.9 Å². The van der Waals surface area contributed by atoms with Crippen molar-refractivity contribution in [3.63, 3.8) is 0 Å². The molecule has 3 rings (SSSR count). The second-order valence-corrected chi connectivity index (χ2v) is 7.68. The molecule has 0 bridgehead atoms. The van der Waals surface area contributed by atoms with E-state index in [9.17, 15) is 4.79 Å². The molecule has 0 aliphatic rings. The number of hydrogen-bond acceptors (Lipinski definition) is 5. The largest absolute Gasteiger partial charge is 0.370 e. The first-order valence-electron chi connectivity index (χ1n) is 8.05. The van der Waals surface area contributed by atoms with Crippen molar-refractivity contribution >= 4 is 74.9 Å². The van der Waals surface area contributed by atoms with Crippen molar-refractivity contribution in [3.05, 3.63) is 51.5 Å². The zero-order valence-corrected chi connectivity index (χ0v) is 17.3. The van der Waals surface area contributed by atoms with E-state index in [0.717, 1.165) is 23.3 Å². The number of aromatic nitrogens is 2. The van der Waals surface area contributed by atoms with Gasteiger partial charge in [0.2, 0.25) is 5.91 Å². The molecule has 0 spiro atoms. The second-order valence-electron chi connectivity index (χ2n) is 5.48. The molecule has 2 N–H and O–H groups in total. The van der Waals surface area contributed by atoms with E-state index in [1.807, 2.05) is 31.2 Å². The average molecular weight is 442 g/mol. The summed E-state index contributed by atoms with van der Waals surface area (Å²) < 4.78 is 0. The summed E-state index contributed by atoms with van der Waals surface area (Å²) in [6.07, 6.45) is 0. The van der Waals surface area contributed by atoms with Crippen LogP contribution < -0.4 is 10.6 Å². The molecule has 1 heterocycles. The highest BCUT2D eigenvalue weighted by Gasteiger charge is 2.13. The highest BCUT2D eigenvalue weighted by Crippen LogP contribution is 2.34. The lowest BCUT2D eigenvalue weighted by Gasteiger charge is -2.11. The van der Waals surface area contributed by atoms with Gasteiger partial charge in [-0.05, 0) is 31.2 Å². The lowest BCUT2D eigenvalue weighted by molar-refractivity contribution is -0.113. The summed E-state index contributed by atoms with van der Waals surface area (Å²) in [4.78, 5) is 21.3. The van der Waals surface area contributed by atoms with E-state index in [1.165, 1.54) is 23.9 Å². The number of carbonyl (C=O) groups excluding carboxylic acids is 1. The van der Waals surface area contributed by atoms with Crippen LogP contribution in [0.4, 0.5) is 11.5 Å². The molecular formula is C18H15Cl3N4OS. The predicted octanol–water partition coefficient (Wildman–Crippen LogP) is 5.75. The molecular weight excluding hydrogens is 427 g/mol. The van der Waals surface area contributed by atoms with Gasteiger partial charge < -0.3 is 10.6 Å². The zero-order valence-electron chi connectivity index (χ0n) is 14.2. The topological polar surface area (TPSA) is 66.9 Å². The van der Waals surface area contributed by atoms with Gasteiger partial charge in [0.05, 0.1) is 27.0 Å². The van der Waals surface area contributed by atoms with Crippen LogP contribution in [0.5, 0.6) is 0 Å². The van der Waals surface area contributed by atoms with Crippen molar-refractivity contribution in [1.29, 1.82) is 0 Å². The number of nitrogens with one attached hydrogen (secondary N) is 2. The van der Waals surface area contributed by atoms with Crippen LogP contribution in [0.25, 0.3) is 10.9 Å². The highest BCUT2D eigenvalue weighted by atomic mass is 35.5. The van der Waals surface area contributed by atoms with Gasteiger partial charge in [0, 0.05) is 17.0 Å². The maximum Gasteiger partial charge on any atom is 0.234 e. The molecule has 0 saturated carbocycles. The molecule has 0 saturated heterocycles. The Kier molecular flexibility index (Phi) is 6.65. The van der Waals surface area contributed by atoms with Gasteiger partial charge in [0.25, 0.3) is 0 Å². The monoisotopic (exact) mass is 440 g/mol. The molecule has 1 aromatic heterocycles. The Morgan fingerprint density at radius 1 is 1.11 bits per heavy atom. The molecule has 9 heteroatoms. The summed E-state index contributed by atoms with van der Waals surface area (Å²) in [5.41, 5.74) is 1.15. The number of carbonyl (C=O) groups is 1. The summed E-state index contributed by atoms with van der Waals surface area (Å²) in [7, 11) is 0. The third-order valence-electron chi connectivity index (χ3n) is 3.53. The number of hydrogen-bond donors (Lipinski definition) is 2. The Labute approximate surface area is 175 Å². The quantitative estimate of drug-likeness (QED) is 0.376. The zero-order chi connectivity index (χ0) is 19.4. The fourth-order valence-corrected chi connectivity index (χ4v) is 3.95. The van der Waals surface area contributed by atoms with E-state index >= 15 is 0 Å². The minimum atomic E-state index is -0.270. The molecule has 3 aromatic rings. The van der Waals surface area contributed by atoms with E-state index in [1.54, 1.807) is 0 Å². The fraction of sp³-hybridized carbons (Fsp3) is 0.167. The van der Waals surface area contributed by atoms with Crippen LogP contribution in [0.15, 0.2) is 41.6 Å². The number of amides is 1. The molecule has 2 aromatic carbocycles. The van der Waals surface area contributed by atoms with Gasteiger partial charge in [-0.25, -0.2) is 9.97 Å². The summed E-state index contributed by atoms with van der Waals surface area (Å²) in [6.45, 7) is 2.73. The number of nitrogens with zero attached hydrogens (tertiary/aromatic N) is 2. The van der Waals surface area contributed by atoms with Crippen molar-refractivity contribution in [2.45, 2.75) is 12.1 Å². The lowest BCUT2D eigenvalue weighted by atomic mass is 10.2. The van der Waals surface area contributed by atoms with Gasteiger partial charge >= 0.3 is 0 Å². The first-order valence-corrected chi connectivity index (χ1v) is 10.2. The third-order valence-corrected chi connectivity index (χ3v) is 5.19. The fourth-order valence-electron chi connectivity index (χ4n) is 2.39. The van der Waals surface area contributed by atoms with Crippen molar-refractivity contribution in [2.24, 2.45) is 0 Å². The van der Waals surface area contributed by atoms with Crippen LogP contribution in [0.3, 0.4) is 0 Å². The van der Waals surface area contributed by atoms with E-state index in [-0.39, 0.29) is 21.7 Å². The van der Waals surface area contributed by atoms with Crippen LogP contribution in [0, 0.1) is 0 Å². The first-order chi connectivity index (χ1) is 13.0. The van der Waals surface area contributed by atoms with E-state index in [2.05, 4.69) is 20.6 Å². The standard InChI is InChI=1S/C18H15Cl3N4OS/c1-2-22-17-11-5-3-4-6-14(11)23-18(25-17)27-9-15(26)24-16-12(20)7-10(19)8-13(16)21/h3-8H,2,9H2,1H3,(H,24,26)(H,22,23,25). The Bertz CT molecular complexity index is 976. The van der Waals surface area contributed by atoms with Gasteiger partial charge in [0.1, 0.15) is 5.82 Å². The van der Waals surface area contributed by atoms with Gasteiger partial charge in [0.15, 0.2) is 5.16 Å². The first kappa shape index (κ1) is 20.0. The molecule has 140 valence electrons. The van der Waals surface area contributed by atoms with Crippen molar-refractivity contribution < 1.29 is 4.79 Å². The smallest absolute Gasteiger partial charge is 0.234 e. The Balaban J connectivity index is 1.74. The van der Waals surface area contributed by atoms with Gasteiger partial charge in [-0.2, -0.15) is 0 Å². The Hall–Kier alpha value is -1.73. The molecule has 0 aliphatic heterocycles. The molecule has 0 fully saturated rings. The van der Waals surface area contributed by atoms with Crippen LogP contribution in [-0.2, 0) is 4.79 Å². The number of fused-ring (bicyclic) bond motifs is 1. The van der Waals surface area contributed by atoms with Crippen LogP contribution >= 0.6 is 46.6 Å². The number of benzene rings is 2. The van der Waals surface area contributed by atoms with E-state index < -0.39 is 0 Å². The van der Waals surface area contributed by atoms with Crippen molar-refractivity contribution in [2.75, 3.05) is 22.9 Å². The van der Waals surface area contributed by atoms with Crippen LogP contribution in [0.1, 0.15) is 6.92 Å². The SMILES string of the molecule is CCNc1nc(SCC(=O)Nc2c(Cl)cc(Cl)cc2Cl)nc2ccccc12. The maximum atomic E-state index is 12.3. The minimum Gasteiger partial charge on any atom is -0.370 e. The van der Waals surface area contributed by atoms with Gasteiger partial charge in [-0.1, -0.05) is 58.7 Å². The predicted molar refractivity (Wildman–Crippen MR) is 115 cm³/mol. The second kappa shape index (κ2) is 8.97. The molecule has 0 radical (unpaired) electrons. The van der Waals surface area contributed by atoms with Crippen LogP contribution in [0.2, 0.25) is 15.1 Å². The number of halogens is 3. The third kappa shape index (κ3) is 4.96. The average Bonchev–Trinajstić information content (AvgIpc) is 2.63. The van der Waals surface area contributed by atoms with Crippen molar-refractivity contribution in [3.8, 4) is 0 Å². The number of anilines is 2. The molecule has 27 heavy (non-hydrogen) atoms. The molecule has 1 amide bonds. The van der Waals surface area contributed by atoms with Crippen molar-refractivity contribution in [1.82, 2.24) is 9.97 Å². The molecule has 5 nitrogen and oxygen atoms in total. The summed E-state index contributed by atoms with van der Waals surface area (Å²) >= 11 is 19.3. The maximum absolute atomic E-state index is 12.3. The van der Waals surface area contributed by atoms with Gasteiger partial charge in [-0.3, -0.25) is 4.79 Å². The summed E-state index contributed by atoms with van der Waals surface area (Å²) in [5.74, 6) is 0.585. The Morgan fingerprint density at radius 3 is 2.52 bits per heavy atom. The highest BCUT2D eigenvalue weighted by molar-refractivity contribution is 7.99. The normalized spacial score (nSPS) is 10.8.